The van der Waals surface area contributed by atoms with Crippen LogP contribution in [0.2, 0.25) is 5.02 Å². The third-order valence-electron chi connectivity index (χ3n) is 5.31. The van der Waals surface area contributed by atoms with Crippen molar-refractivity contribution in [3.8, 4) is 0 Å². The average Bonchev–Trinajstić information content (AvgIpc) is 2.67. The maximum absolute atomic E-state index is 13.0. The molecule has 0 aromatic heterocycles. The van der Waals surface area contributed by atoms with E-state index in [1.807, 2.05) is 39.0 Å². The third kappa shape index (κ3) is 4.40. The smallest absolute Gasteiger partial charge is 0.243 e. The number of benzene rings is 2. The summed E-state index contributed by atoms with van der Waals surface area (Å²) in [5.74, 6) is -0.531. The number of anilines is 1. The highest BCUT2D eigenvalue weighted by Crippen LogP contribution is 2.27. The van der Waals surface area contributed by atoms with E-state index in [4.69, 9.17) is 11.6 Å². The number of nitrogens with zero attached hydrogens (tertiary/aromatic N) is 1. The summed E-state index contributed by atoms with van der Waals surface area (Å²) in [5.41, 5.74) is 3.81. The Labute approximate surface area is 171 Å². The van der Waals surface area contributed by atoms with Gasteiger partial charge < -0.3 is 5.32 Å². The predicted octanol–water partition coefficient (Wildman–Crippen LogP) is 4.30. The lowest BCUT2D eigenvalue weighted by Gasteiger charge is -2.31. The minimum atomic E-state index is -3.68. The Bertz CT molecular complexity index is 1000. The van der Waals surface area contributed by atoms with Crippen LogP contribution >= 0.6 is 11.6 Å². The van der Waals surface area contributed by atoms with Gasteiger partial charge in [-0.05, 0) is 74.6 Å². The van der Waals surface area contributed by atoms with E-state index in [0.717, 1.165) is 22.4 Å². The number of sulfonamides is 1. The van der Waals surface area contributed by atoms with Gasteiger partial charge in [0, 0.05) is 23.8 Å². The number of halogens is 1. The second kappa shape index (κ2) is 8.23. The van der Waals surface area contributed by atoms with Crippen molar-refractivity contribution in [1.29, 1.82) is 0 Å². The molecule has 1 heterocycles. The van der Waals surface area contributed by atoms with Crippen LogP contribution in [0, 0.1) is 26.7 Å². The Morgan fingerprint density at radius 1 is 1.07 bits per heavy atom. The van der Waals surface area contributed by atoms with Crippen LogP contribution in [0.1, 0.15) is 29.5 Å². The van der Waals surface area contributed by atoms with Gasteiger partial charge in [-0.3, -0.25) is 4.79 Å². The molecule has 0 spiro atoms. The summed E-state index contributed by atoms with van der Waals surface area (Å²) >= 11 is 6.10. The van der Waals surface area contributed by atoms with Crippen LogP contribution < -0.4 is 5.32 Å². The Kier molecular flexibility index (Phi) is 6.12. The van der Waals surface area contributed by atoms with Crippen LogP contribution in [0.3, 0.4) is 0 Å². The van der Waals surface area contributed by atoms with E-state index in [1.54, 1.807) is 12.1 Å². The lowest BCUT2D eigenvalue weighted by molar-refractivity contribution is -0.120. The molecule has 0 saturated carbocycles. The summed E-state index contributed by atoms with van der Waals surface area (Å²) in [6.45, 7) is 6.41. The predicted molar refractivity (Wildman–Crippen MR) is 112 cm³/mol. The van der Waals surface area contributed by atoms with Crippen LogP contribution in [-0.4, -0.2) is 31.7 Å². The number of hydrogen-bond acceptors (Lipinski definition) is 3. The topological polar surface area (TPSA) is 66.5 Å². The number of carbonyl (C=O) groups is 1. The number of piperidine rings is 1. The summed E-state index contributed by atoms with van der Waals surface area (Å²) in [7, 11) is -3.68. The largest absolute Gasteiger partial charge is 0.326 e. The van der Waals surface area contributed by atoms with E-state index in [9.17, 15) is 13.2 Å². The van der Waals surface area contributed by atoms with Gasteiger partial charge in [0.25, 0.3) is 0 Å². The van der Waals surface area contributed by atoms with Crippen LogP contribution in [0.4, 0.5) is 5.69 Å². The molecule has 1 N–H and O–H groups in total. The van der Waals surface area contributed by atoms with Crippen LogP contribution in [0.5, 0.6) is 0 Å². The SMILES string of the molecule is Cc1ccc(NC(=O)[C@@H]2CCCN(S(=O)(=O)c3ccc(C)c(Cl)c3)C2)cc1C. The van der Waals surface area contributed by atoms with Crippen LogP contribution in [-0.2, 0) is 14.8 Å². The van der Waals surface area contributed by atoms with Gasteiger partial charge >= 0.3 is 0 Å². The number of aryl methyl sites for hydroxylation is 3. The number of amides is 1. The molecule has 3 rings (SSSR count). The van der Waals surface area contributed by atoms with Crippen molar-refractivity contribution in [2.24, 2.45) is 5.92 Å². The van der Waals surface area contributed by atoms with Gasteiger partial charge in [-0.1, -0.05) is 23.7 Å². The zero-order chi connectivity index (χ0) is 20.5. The minimum Gasteiger partial charge on any atom is -0.326 e. The summed E-state index contributed by atoms with van der Waals surface area (Å²) in [6, 6.07) is 10.5. The van der Waals surface area contributed by atoms with Gasteiger partial charge in [-0.2, -0.15) is 4.31 Å². The maximum Gasteiger partial charge on any atom is 0.243 e. The van der Waals surface area contributed by atoms with Gasteiger partial charge in [0.1, 0.15) is 0 Å². The quantitative estimate of drug-likeness (QED) is 0.801. The van der Waals surface area contributed by atoms with Gasteiger partial charge in [-0.15, -0.1) is 0 Å². The fraction of sp³-hybridized carbons (Fsp3) is 0.381. The molecule has 0 aliphatic carbocycles. The first-order valence-corrected chi connectivity index (χ1v) is 11.1. The van der Waals surface area contributed by atoms with E-state index >= 15 is 0 Å². The first kappa shape index (κ1) is 20.8. The second-order valence-electron chi connectivity index (χ2n) is 7.40. The van der Waals surface area contributed by atoms with Gasteiger partial charge in [0.05, 0.1) is 10.8 Å². The molecule has 7 heteroatoms. The minimum absolute atomic E-state index is 0.148. The Morgan fingerprint density at radius 2 is 1.79 bits per heavy atom. The second-order valence-corrected chi connectivity index (χ2v) is 9.75. The number of hydrogen-bond donors (Lipinski definition) is 1. The van der Waals surface area contributed by atoms with Crippen LogP contribution in [0.25, 0.3) is 0 Å². The summed E-state index contributed by atoms with van der Waals surface area (Å²) in [4.78, 5) is 12.9. The van der Waals surface area contributed by atoms with Gasteiger partial charge in [-0.25, -0.2) is 8.42 Å². The molecule has 2 aromatic rings. The highest BCUT2D eigenvalue weighted by Gasteiger charge is 2.33. The molecule has 1 fully saturated rings. The molecule has 150 valence electrons. The van der Waals surface area contributed by atoms with E-state index in [1.165, 1.54) is 10.4 Å². The maximum atomic E-state index is 13.0. The molecule has 2 aromatic carbocycles. The first-order chi connectivity index (χ1) is 13.2. The molecule has 28 heavy (non-hydrogen) atoms. The molecule has 1 aliphatic rings. The standard InChI is InChI=1S/C21H25ClN2O3S/c1-14-6-8-18(11-16(14)3)23-21(25)17-5-4-10-24(13-17)28(26,27)19-9-7-15(2)20(22)12-19/h6-9,11-12,17H,4-5,10,13H2,1-3H3,(H,23,25)/t17-/m1/s1. The monoisotopic (exact) mass is 420 g/mol. The Balaban J connectivity index is 1.74. The molecular formula is C21H25ClN2O3S. The Morgan fingerprint density at radius 3 is 2.46 bits per heavy atom. The first-order valence-electron chi connectivity index (χ1n) is 9.33. The van der Waals surface area contributed by atoms with Crippen molar-refractivity contribution in [3.05, 3.63) is 58.1 Å². The summed E-state index contributed by atoms with van der Waals surface area (Å²) in [6.07, 6.45) is 1.31. The highest BCUT2D eigenvalue weighted by molar-refractivity contribution is 7.89. The highest BCUT2D eigenvalue weighted by atomic mass is 35.5. The summed E-state index contributed by atoms with van der Waals surface area (Å²) in [5, 5.41) is 3.35. The average molecular weight is 421 g/mol. The fourth-order valence-electron chi connectivity index (χ4n) is 3.32. The van der Waals surface area contributed by atoms with Gasteiger partial charge in [0.15, 0.2) is 0 Å². The zero-order valence-electron chi connectivity index (χ0n) is 16.3. The van der Waals surface area contributed by atoms with Crippen molar-refractivity contribution < 1.29 is 13.2 Å². The molecule has 1 aliphatic heterocycles. The molecule has 0 bridgehead atoms. The molecule has 5 nitrogen and oxygen atoms in total. The summed E-state index contributed by atoms with van der Waals surface area (Å²) < 4.78 is 27.4. The Hall–Kier alpha value is -1.89. The molecule has 1 atom stereocenters. The van der Waals surface area contributed by atoms with E-state index in [-0.39, 0.29) is 23.3 Å². The number of carbonyl (C=O) groups excluding carboxylic acids is 1. The number of nitrogens with one attached hydrogen (secondary N) is 1. The molecule has 1 saturated heterocycles. The van der Waals surface area contributed by atoms with Crippen molar-refractivity contribution in [2.45, 2.75) is 38.5 Å². The number of rotatable bonds is 4. The van der Waals surface area contributed by atoms with Gasteiger partial charge in [0.2, 0.25) is 15.9 Å². The van der Waals surface area contributed by atoms with E-state index in [2.05, 4.69) is 5.32 Å². The molecule has 0 radical (unpaired) electrons. The third-order valence-corrected chi connectivity index (χ3v) is 7.58. The van der Waals surface area contributed by atoms with Crippen molar-refractivity contribution in [1.82, 2.24) is 4.31 Å². The van der Waals surface area contributed by atoms with Crippen molar-refractivity contribution >= 4 is 33.2 Å². The van der Waals surface area contributed by atoms with Crippen LogP contribution in [0.15, 0.2) is 41.3 Å². The van der Waals surface area contributed by atoms with Crippen molar-refractivity contribution in [3.63, 3.8) is 0 Å². The molecule has 1 amide bonds. The van der Waals surface area contributed by atoms with E-state index in [0.29, 0.717) is 24.4 Å². The molecule has 0 unspecified atom stereocenters. The normalized spacial score (nSPS) is 18.1. The van der Waals surface area contributed by atoms with E-state index < -0.39 is 10.0 Å². The fourth-order valence-corrected chi connectivity index (χ4v) is 5.12. The lowest BCUT2D eigenvalue weighted by atomic mass is 9.98. The van der Waals surface area contributed by atoms with Crippen molar-refractivity contribution in [2.75, 3.05) is 18.4 Å². The molecular weight excluding hydrogens is 396 g/mol. The lowest BCUT2D eigenvalue weighted by Crippen LogP contribution is -2.43. The zero-order valence-corrected chi connectivity index (χ0v) is 17.9.